The molecular weight excluding hydrogens is 412 g/mol. The lowest BCUT2D eigenvalue weighted by Crippen LogP contribution is -2.09. The molecule has 0 aliphatic rings. The molecule has 0 bridgehead atoms. The molecule has 0 unspecified atom stereocenters. The largest absolute Gasteiger partial charge is 0.494 e. The molecule has 0 saturated carbocycles. The highest BCUT2D eigenvalue weighted by Crippen LogP contribution is 2.18. The lowest BCUT2D eigenvalue weighted by molar-refractivity contribution is -0.137. The molecule has 166 valence electrons. The minimum Gasteiger partial charge on any atom is -0.494 e. The Morgan fingerprint density at radius 2 is 1.31 bits per heavy atom. The number of benzene rings is 2. The summed E-state index contributed by atoms with van der Waals surface area (Å²) in [7, 11) is 0. The van der Waals surface area contributed by atoms with Crippen LogP contribution in [-0.4, -0.2) is 31.1 Å². The fourth-order valence-corrected chi connectivity index (χ4v) is 2.36. The highest BCUT2D eigenvalue weighted by Gasteiger charge is 2.11. The summed E-state index contributed by atoms with van der Waals surface area (Å²) in [6.07, 6.45) is 3.83. The van der Waals surface area contributed by atoms with E-state index in [0.717, 1.165) is 6.08 Å². The average molecular weight is 436 g/mol. The van der Waals surface area contributed by atoms with Gasteiger partial charge in [0.2, 0.25) is 0 Å². The first-order valence-electron chi connectivity index (χ1n) is 9.80. The van der Waals surface area contributed by atoms with E-state index in [-0.39, 0.29) is 17.1 Å². The molecule has 0 amide bonds. The van der Waals surface area contributed by atoms with Gasteiger partial charge in [0.1, 0.15) is 17.3 Å². The number of rotatable bonds is 12. The Bertz CT molecular complexity index is 972. The number of unbranched alkanes of at least 4 members (excludes halogenated alkanes) is 1. The molecule has 0 aliphatic heterocycles. The van der Waals surface area contributed by atoms with Crippen molar-refractivity contribution in [1.29, 1.82) is 0 Å². The second-order valence-electron chi connectivity index (χ2n) is 6.43. The van der Waals surface area contributed by atoms with Crippen molar-refractivity contribution in [3.8, 4) is 11.5 Å². The maximum Gasteiger partial charge on any atom is 0.343 e. The zero-order valence-corrected chi connectivity index (χ0v) is 17.6. The third-order valence-corrected chi connectivity index (χ3v) is 4.06. The SMILES string of the molecule is C=CC(=C)OC(=O)c1ccc(OC(=O)c2ccc(OCCCCOC(=O)C=C)cc2)cc1. The summed E-state index contributed by atoms with van der Waals surface area (Å²) in [5, 5.41) is 0. The number of allylic oxidation sites excluding steroid dienone is 1. The van der Waals surface area contributed by atoms with Gasteiger partial charge in [0.25, 0.3) is 0 Å². The van der Waals surface area contributed by atoms with Crippen molar-refractivity contribution in [2.75, 3.05) is 13.2 Å². The number of hydrogen-bond acceptors (Lipinski definition) is 7. The zero-order chi connectivity index (χ0) is 23.3. The van der Waals surface area contributed by atoms with Gasteiger partial charge < -0.3 is 18.9 Å². The molecule has 0 atom stereocenters. The van der Waals surface area contributed by atoms with Crippen LogP contribution in [0.5, 0.6) is 11.5 Å². The predicted octanol–water partition coefficient (Wildman–Crippen LogP) is 4.65. The number of ether oxygens (including phenoxy) is 4. The van der Waals surface area contributed by atoms with Crippen LogP contribution in [-0.2, 0) is 14.3 Å². The Balaban J connectivity index is 1.79. The maximum absolute atomic E-state index is 12.3. The smallest absolute Gasteiger partial charge is 0.343 e. The molecule has 0 aliphatic carbocycles. The van der Waals surface area contributed by atoms with E-state index in [1.807, 2.05) is 0 Å². The van der Waals surface area contributed by atoms with E-state index in [2.05, 4.69) is 19.7 Å². The molecular formula is C25H24O7. The Kier molecular flexibility index (Phi) is 9.46. The van der Waals surface area contributed by atoms with Crippen molar-refractivity contribution in [3.05, 3.63) is 97.3 Å². The zero-order valence-electron chi connectivity index (χ0n) is 17.6. The van der Waals surface area contributed by atoms with E-state index in [9.17, 15) is 14.4 Å². The van der Waals surface area contributed by atoms with Crippen molar-refractivity contribution < 1.29 is 33.3 Å². The van der Waals surface area contributed by atoms with Crippen LogP contribution in [0.25, 0.3) is 0 Å². The van der Waals surface area contributed by atoms with Crippen LogP contribution in [0.2, 0.25) is 0 Å². The summed E-state index contributed by atoms with van der Waals surface area (Å²) in [4.78, 5) is 35.1. The molecule has 7 heteroatoms. The van der Waals surface area contributed by atoms with E-state index in [4.69, 9.17) is 18.9 Å². The van der Waals surface area contributed by atoms with Crippen molar-refractivity contribution in [1.82, 2.24) is 0 Å². The second-order valence-corrected chi connectivity index (χ2v) is 6.43. The molecule has 2 aromatic rings. The lowest BCUT2D eigenvalue weighted by Gasteiger charge is -2.08. The van der Waals surface area contributed by atoms with Crippen molar-refractivity contribution in [2.24, 2.45) is 0 Å². The summed E-state index contributed by atoms with van der Waals surface area (Å²) < 4.78 is 20.7. The molecule has 0 N–H and O–H groups in total. The minimum absolute atomic E-state index is 0.145. The third-order valence-electron chi connectivity index (χ3n) is 4.06. The first-order valence-corrected chi connectivity index (χ1v) is 9.80. The van der Waals surface area contributed by atoms with Gasteiger partial charge in [-0.3, -0.25) is 0 Å². The van der Waals surface area contributed by atoms with E-state index in [0.29, 0.717) is 37.4 Å². The van der Waals surface area contributed by atoms with Crippen LogP contribution in [0.15, 0.2) is 86.2 Å². The van der Waals surface area contributed by atoms with E-state index < -0.39 is 17.9 Å². The highest BCUT2D eigenvalue weighted by molar-refractivity contribution is 5.92. The quantitative estimate of drug-likeness (QED) is 0.119. The van der Waals surface area contributed by atoms with Gasteiger partial charge in [-0.05, 0) is 67.4 Å². The van der Waals surface area contributed by atoms with Gasteiger partial charge in [-0.15, -0.1) is 0 Å². The molecule has 0 radical (unpaired) electrons. The number of hydrogen-bond donors (Lipinski definition) is 0. The summed E-state index contributed by atoms with van der Waals surface area (Å²) in [6.45, 7) is 11.1. The monoisotopic (exact) mass is 436 g/mol. The summed E-state index contributed by atoms with van der Waals surface area (Å²) in [5.41, 5.74) is 0.632. The van der Waals surface area contributed by atoms with Crippen LogP contribution in [0.4, 0.5) is 0 Å². The summed E-state index contributed by atoms with van der Waals surface area (Å²) in [5.74, 6) is -0.536. The Labute approximate surface area is 186 Å². The van der Waals surface area contributed by atoms with Gasteiger partial charge in [-0.2, -0.15) is 0 Å². The normalized spacial score (nSPS) is 9.88. The first kappa shape index (κ1) is 24.1. The van der Waals surface area contributed by atoms with Gasteiger partial charge in [-0.25, -0.2) is 14.4 Å². The standard InChI is InChI=1S/C25H24O7/c1-4-18(3)31-24(27)19-10-14-22(15-11-19)32-25(28)20-8-12-21(13-9-20)29-16-6-7-17-30-23(26)5-2/h4-5,8-15H,1-3,6-7,16-17H2. The van der Waals surface area contributed by atoms with E-state index in [1.54, 1.807) is 24.3 Å². The molecule has 0 fully saturated rings. The maximum atomic E-state index is 12.3. The molecule has 32 heavy (non-hydrogen) atoms. The van der Waals surface area contributed by atoms with E-state index in [1.165, 1.54) is 30.3 Å². The minimum atomic E-state index is -0.582. The number of carbonyl (C=O) groups excluding carboxylic acids is 3. The fourth-order valence-electron chi connectivity index (χ4n) is 2.36. The van der Waals surface area contributed by atoms with Gasteiger partial charge in [0, 0.05) is 6.08 Å². The molecule has 0 heterocycles. The molecule has 7 nitrogen and oxygen atoms in total. The second kappa shape index (κ2) is 12.5. The fraction of sp³-hybridized carbons (Fsp3) is 0.160. The summed E-state index contributed by atoms with van der Waals surface area (Å²) >= 11 is 0. The Morgan fingerprint density at radius 1 is 0.750 bits per heavy atom. The molecule has 0 saturated heterocycles. The highest BCUT2D eigenvalue weighted by atomic mass is 16.5. The Hall–Kier alpha value is -4.13. The van der Waals surface area contributed by atoms with Crippen molar-refractivity contribution >= 4 is 17.9 Å². The van der Waals surface area contributed by atoms with Crippen LogP contribution >= 0.6 is 0 Å². The number of esters is 3. The predicted molar refractivity (Wildman–Crippen MR) is 118 cm³/mol. The van der Waals surface area contributed by atoms with Gasteiger partial charge >= 0.3 is 17.9 Å². The topological polar surface area (TPSA) is 88.1 Å². The molecule has 2 aromatic carbocycles. The van der Waals surface area contributed by atoms with E-state index >= 15 is 0 Å². The Morgan fingerprint density at radius 3 is 1.91 bits per heavy atom. The van der Waals surface area contributed by atoms with Crippen molar-refractivity contribution in [3.63, 3.8) is 0 Å². The lowest BCUT2D eigenvalue weighted by atomic mass is 10.2. The van der Waals surface area contributed by atoms with Crippen LogP contribution in [0, 0.1) is 0 Å². The van der Waals surface area contributed by atoms with Gasteiger partial charge in [0.15, 0.2) is 0 Å². The first-order chi connectivity index (χ1) is 15.4. The number of carbonyl (C=O) groups is 3. The van der Waals surface area contributed by atoms with Crippen molar-refractivity contribution in [2.45, 2.75) is 12.8 Å². The molecule has 2 rings (SSSR count). The molecule has 0 spiro atoms. The average Bonchev–Trinajstić information content (AvgIpc) is 2.81. The summed E-state index contributed by atoms with van der Waals surface area (Å²) in [6, 6.07) is 12.5. The third kappa shape index (κ3) is 7.95. The molecule has 0 aromatic heterocycles. The van der Waals surface area contributed by atoms with Crippen LogP contribution in [0.3, 0.4) is 0 Å². The van der Waals surface area contributed by atoms with Gasteiger partial charge in [-0.1, -0.05) is 19.7 Å². The van der Waals surface area contributed by atoms with Crippen LogP contribution in [0.1, 0.15) is 33.6 Å². The van der Waals surface area contributed by atoms with Gasteiger partial charge in [0.05, 0.1) is 24.3 Å². The van der Waals surface area contributed by atoms with Crippen LogP contribution < -0.4 is 9.47 Å².